The molecule has 2 heterocycles. The van der Waals surface area contributed by atoms with Gasteiger partial charge in [-0.25, -0.2) is 0 Å². The van der Waals surface area contributed by atoms with Gasteiger partial charge in [-0.1, -0.05) is 0 Å². The van der Waals surface area contributed by atoms with Crippen molar-refractivity contribution in [1.82, 2.24) is 14.8 Å². The van der Waals surface area contributed by atoms with Crippen LogP contribution in [-0.2, 0) is 0 Å². The van der Waals surface area contributed by atoms with E-state index >= 15 is 0 Å². The molecule has 5 nitrogen and oxygen atoms in total. The maximum absolute atomic E-state index is 12.8. The number of nitrogens with one attached hydrogen (secondary N) is 1. The number of carbonyl (C=O) groups excluding carboxylic acids is 1. The van der Waals surface area contributed by atoms with Crippen molar-refractivity contribution in [3.8, 4) is 0 Å². The third-order valence-electron chi connectivity index (χ3n) is 3.73. The van der Waals surface area contributed by atoms with Gasteiger partial charge in [0.2, 0.25) is 0 Å². The highest BCUT2D eigenvalue weighted by molar-refractivity contribution is 5.99. The third kappa shape index (κ3) is 3.28. The van der Waals surface area contributed by atoms with Crippen LogP contribution in [0.15, 0.2) is 18.5 Å². The third-order valence-corrected chi connectivity index (χ3v) is 3.73. The molecule has 5 heteroatoms. The van der Waals surface area contributed by atoms with Crippen LogP contribution in [0.5, 0.6) is 0 Å². The minimum absolute atomic E-state index is 0.103. The second-order valence-electron chi connectivity index (χ2n) is 5.41. The van der Waals surface area contributed by atoms with E-state index in [1.165, 1.54) is 0 Å². The van der Waals surface area contributed by atoms with E-state index in [0.29, 0.717) is 0 Å². The topological polar surface area (TPSA) is 48.5 Å². The molecule has 1 unspecified atom stereocenters. The van der Waals surface area contributed by atoms with Crippen molar-refractivity contribution < 1.29 is 4.79 Å². The average molecular weight is 276 g/mol. The zero-order valence-electron chi connectivity index (χ0n) is 12.6. The highest BCUT2D eigenvalue weighted by Crippen LogP contribution is 2.19. The first-order valence-electron chi connectivity index (χ1n) is 7.31. The Morgan fingerprint density at radius 2 is 2.30 bits per heavy atom. The smallest absolute Gasteiger partial charge is 0.256 e. The Bertz CT molecular complexity index is 463. The number of pyridine rings is 1. The van der Waals surface area contributed by atoms with E-state index < -0.39 is 0 Å². The molecule has 0 saturated carbocycles. The van der Waals surface area contributed by atoms with Crippen LogP contribution in [0, 0.1) is 0 Å². The van der Waals surface area contributed by atoms with Crippen molar-refractivity contribution in [3.63, 3.8) is 0 Å². The van der Waals surface area contributed by atoms with Gasteiger partial charge in [-0.05, 0) is 39.9 Å². The zero-order chi connectivity index (χ0) is 14.5. The van der Waals surface area contributed by atoms with Gasteiger partial charge in [0.25, 0.3) is 5.91 Å². The molecule has 0 aliphatic carbocycles. The molecule has 0 spiro atoms. The molecule has 1 aromatic rings. The summed E-state index contributed by atoms with van der Waals surface area (Å²) in [6.07, 6.45) is 4.43. The molecule has 1 aliphatic rings. The van der Waals surface area contributed by atoms with Crippen LogP contribution in [0.2, 0.25) is 0 Å². The van der Waals surface area contributed by atoms with Crippen LogP contribution in [0.1, 0.15) is 30.6 Å². The summed E-state index contributed by atoms with van der Waals surface area (Å²) >= 11 is 0. The Labute approximate surface area is 121 Å². The number of hydrogen-bond donors (Lipinski definition) is 1. The van der Waals surface area contributed by atoms with Crippen molar-refractivity contribution in [1.29, 1.82) is 0 Å². The van der Waals surface area contributed by atoms with Crippen molar-refractivity contribution in [2.24, 2.45) is 0 Å². The average Bonchev–Trinajstić information content (AvgIpc) is 2.59. The first-order valence-corrected chi connectivity index (χ1v) is 7.31. The van der Waals surface area contributed by atoms with E-state index in [0.717, 1.165) is 43.9 Å². The molecule has 1 saturated heterocycles. The molecule has 1 amide bonds. The number of hydrogen-bond acceptors (Lipinski definition) is 4. The Balaban J connectivity index is 2.21. The standard InChI is InChI=1S/C15H24N4O/c1-4-17-14-10-16-7-6-13(14)15(20)19-9-5-8-18(3)11-12(19)2/h6-7,10,12,17H,4-5,8-9,11H2,1-3H3. The molecule has 1 atom stereocenters. The van der Waals surface area contributed by atoms with Gasteiger partial charge in [-0.3, -0.25) is 9.78 Å². The van der Waals surface area contributed by atoms with E-state index in [1.54, 1.807) is 12.4 Å². The number of carbonyl (C=O) groups is 1. The van der Waals surface area contributed by atoms with Gasteiger partial charge in [-0.15, -0.1) is 0 Å². The molecule has 20 heavy (non-hydrogen) atoms. The van der Waals surface area contributed by atoms with Gasteiger partial charge in [0, 0.05) is 31.9 Å². The highest BCUT2D eigenvalue weighted by atomic mass is 16.2. The summed E-state index contributed by atoms with van der Waals surface area (Å²) < 4.78 is 0. The number of aromatic nitrogens is 1. The van der Waals surface area contributed by atoms with E-state index in [9.17, 15) is 4.79 Å². The van der Waals surface area contributed by atoms with Crippen molar-refractivity contribution in [2.45, 2.75) is 26.3 Å². The summed E-state index contributed by atoms with van der Waals surface area (Å²) in [5.41, 5.74) is 1.54. The lowest BCUT2D eigenvalue weighted by molar-refractivity contribution is 0.0697. The first-order chi connectivity index (χ1) is 9.63. The van der Waals surface area contributed by atoms with Crippen LogP contribution < -0.4 is 5.32 Å². The van der Waals surface area contributed by atoms with Crippen molar-refractivity contribution in [3.05, 3.63) is 24.0 Å². The number of nitrogens with zero attached hydrogens (tertiary/aromatic N) is 3. The van der Waals surface area contributed by atoms with Crippen molar-refractivity contribution in [2.75, 3.05) is 38.5 Å². The van der Waals surface area contributed by atoms with Crippen LogP contribution in [0.3, 0.4) is 0 Å². The fourth-order valence-electron chi connectivity index (χ4n) is 2.74. The van der Waals surface area contributed by atoms with Crippen LogP contribution >= 0.6 is 0 Å². The molecule has 1 N–H and O–H groups in total. The summed E-state index contributed by atoms with van der Waals surface area (Å²) in [5, 5.41) is 3.21. The minimum Gasteiger partial charge on any atom is -0.383 e. The quantitative estimate of drug-likeness (QED) is 0.912. The lowest BCUT2D eigenvalue weighted by Gasteiger charge is -2.28. The molecule has 0 aromatic carbocycles. The van der Waals surface area contributed by atoms with Gasteiger partial charge in [0.1, 0.15) is 0 Å². The van der Waals surface area contributed by atoms with Crippen LogP contribution in [0.4, 0.5) is 5.69 Å². The number of amides is 1. The second-order valence-corrected chi connectivity index (χ2v) is 5.41. The lowest BCUT2D eigenvalue weighted by atomic mass is 10.1. The Morgan fingerprint density at radius 3 is 3.05 bits per heavy atom. The van der Waals surface area contributed by atoms with E-state index in [4.69, 9.17) is 0 Å². The lowest BCUT2D eigenvalue weighted by Crippen LogP contribution is -2.42. The molecular weight excluding hydrogens is 252 g/mol. The van der Waals surface area contributed by atoms with Crippen molar-refractivity contribution >= 4 is 11.6 Å². The maximum atomic E-state index is 12.8. The van der Waals surface area contributed by atoms with Crippen LogP contribution in [0.25, 0.3) is 0 Å². The van der Waals surface area contributed by atoms with Gasteiger partial charge < -0.3 is 15.1 Å². The van der Waals surface area contributed by atoms with Gasteiger partial charge >= 0.3 is 0 Å². The summed E-state index contributed by atoms with van der Waals surface area (Å²) in [6.45, 7) is 7.71. The molecule has 0 bridgehead atoms. The molecule has 1 aliphatic heterocycles. The van der Waals surface area contributed by atoms with E-state index in [-0.39, 0.29) is 11.9 Å². The molecule has 0 radical (unpaired) electrons. The Hall–Kier alpha value is -1.62. The van der Waals surface area contributed by atoms with Crippen LogP contribution in [-0.4, -0.2) is 60.0 Å². The second kappa shape index (κ2) is 6.70. The molecule has 1 aromatic heterocycles. The van der Waals surface area contributed by atoms with Gasteiger partial charge in [-0.2, -0.15) is 0 Å². The normalized spacial score (nSPS) is 20.6. The first kappa shape index (κ1) is 14.8. The number of anilines is 1. The maximum Gasteiger partial charge on any atom is 0.256 e. The Morgan fingerprint density at radius 1 is 1.50 bits per heavy atom. The predicted octanol–water partition coefficient (Wildman–Crippen LogP) is 1.68. The van der Waals surface area contributed by atoms with E-state index in [1.807, 2.05) is 17.9 Å². The Kier molecular flexibility index (Phi) is 4.95. The summed E-state index contributed by atoms with van der Waals surface area (Å²) in [6, 6.07) is 2.04. The number of rotatable bonds is 3. The monoisotopic (exact) mass is 276 g/mol. The largest absolute Gasteiger partial charge is 0.383 e. The fraction of sp³-hybridized carbons (Fsp3) is 0.600. The SMILES string of the molecule is CCNc1cnccc1C(=O)N1CCCN(C)CC1C. The summed E-state index contributed by atoms with van der Waals surface area (Å²) in [4.78, 5) is 21.2. The van der Waals surface area contributed by atoms with Gasteiger partial charge in [0.15, 0.2) is 0 Å². The number of likely N-dealkylation sites (N-methyl/N-ethyl adjacent to an activating group) is 1. The summed E-state index contributed by atoms with van der Waals surface area (Å²) in [5.74, 6) is 0.103. The fourth-order valence-corrected chi connectivity index (χ4v) is 2.74. The summed E-state index contributed by atoms with van der Waals surface area (Å²) in [7, 11) is 2.11. The molecule has 2 rings (SSSR count). The van der Waals surface area contributed by atoms with E-state index in [2.05, 4.69) is 29.2 Å². The minimum atomic E-state index is 0.103. The predicted molar refractivity (Wildman–Crippen MR) is 81.0 cm³/mol. The zero-order valence-corrected chi connectivity index (χ0v) is 12.6. The highest BCUT2D eigenvalue weighted by Gasteiger charge is 2.26. The van der Waals surface area contributed by atoms with Gasteiger partial charge in [0.05, 0.1) is 17.4 Å². The molecular formula is C15H24N4O. The molecule has 110 valence electrons. The molecule has 1 fully saturated rings.